The molecule has 2 N–H and O–H groups in total. The number of rotatable bonds is 3. The fourth-order valence-electron chi connectivity index (χ4n) is 2.52. The second-order valence-electron chi connectivity index (χ2n) is 5.18. The summed E-state index contributed by atoms with van der Waals surface area (Å²) in [5.74, 6) is 1.52. The summed E-state index contributed by atoms with van der Waals surface area (Å²) in [5, 5.41) is 5.00. The Bertz CT molecular complexity index is 669. The first-order chi connectivity index (χ1) is 10.1. The van der Waals surface area contributed by atoms with Crippen molar-refractivity contribution in [3.05, 3.63) is 40.2 Å². The van der Waals surface area contributed by atoms with Gasteiger partial charge in [0.15, 0.2) is 11.5 Å². The van der Waals surface area contributed by atoms with Crippen molar-refractivity contribution in [3.63, 3.8) is 0 Å². The average molecular weight is 308 g/mol. The van der Waals surface area contributed by atoms with Gasteiger partial charge >= 0.3 is 0 Å². The predicted octanol–water partition coefficient (Wildman–Crippen LogP) is 2.40. The Balaban J connectivity index is 1.83. The molecule has 2 heterocycles. The van der Waals surface area contributed by atoms with Crippen molar-refractivity contribution < 1.29 is 9.47 Å². The highest BCUT2D eigenvalue weighted by Gasteiger charge is 2.18. The van der Waals surface area contributed by atoms with Crippen LogP contribution in [0.3, 0.4) is 0 Å². The first kappa shape index (κ1) is 14.2. The molecule has 0 saturated carbocycles. The van der Waals surface area contributed by atoms with E-state index in [1.54, 1.807) is 4.68 Å². The summed E-state index contributed by atoms with van der Waals surface area (Å²) in [6.07, 6.45) is 0.621. The van der Waals surface area contributed by atoms with Gasteiger partial charge in [0.25, 0.3) is 0 Å². The van der Waals surface area contributed by atoms with Crippen LogP contribution in [0.2, 0.25) is 5.02 Å². The first-order valence-corrected chi connectivity index (χ1v) is 7.27. The van der Waals surface area contributed by atoms with E-state index in [1.807, 2.05) is 32.2 Å². The van der Waals surface area contributed by atoms with E-state index >= 15 is 0 Å². The van der Waals surface area contributed by atoms with Gasteiger partial charge < -0.3 is 15.2 Å². The summed E-state index contributed by atoms with van der Waals surface area (Å²) >= 11 is 6.28. The van der Waals surface area contributed by atoms with E-state index in [0.29, 0.717) is 24.7 Å². The van der Waals surface area contributed by atoms with E-state index in [2.05, 4.69) is 5.10 Å². The Morgan fingerprint density at radius 3 is 2.71 bits per heavy atom. The Hall–Kier alpha value is -1.72. The molecule has 1 aromatic carbocycles. The summed E-state index contributed by atoms with van der Waals surface area (Å²) in [6, 6.07) is 5.64. The van der Waals surface area contributed by atoms with Crippen LogP contribution < -0.4 is 15.2 Å². The number of fused-ring (bicyclic) bond motifs is 1. The molecule has 112 valence electrons. The van der Waals surface area contributed by atoms with Crippen molar-refractivity contribution >= 4 is 11.6 Å². The second kappa shape index (κ2) is 5.58. The highest BCUT2D eigenvalue weighted by atomic mass is 35.5. The second-order valence-corrected chi connectivity index (χ2v) is 5.56. The fraction of sp³-hybridized carbons (Fsp3) is 0.400. The third kappa shape index (κ3) is 2.71. The maximum absolute atomic E-state index is 6.31. The van der Waals surface area contributed by atoms with Gasteiger partial charge in [-0.25, -0.2) is 0 Å². The first-order valence-electron chi connectivity index (χ1n) is 6.89. The van der Waals surface area contributed by atoms with Crippen LogP contribution in [0.25, 0.3) is 0 Å². The number of hydrogen-bond donors (Lipinski definition) is 1. The molecule has 2 aromatic rings. The van der Waals surface area contributed by atoms with E-state index in [1.165, 1.54) is 0 Å². The zero-order valence-electron chi connectivity index (χ0n) is 12.1. The maximum Gasteiger partial charge on any atom is 0.161 e. The van der Waals surface area contributed by atoms with Crippen molar-refractivity contribution in [2.24, 2.45) is 12.8 Å². The number of nitrogens with zero attached hydrogens (tertiary/aromatic N) is 2. The molecule has 0 aliphatic carbocycles. The molecule has 1 aliphatic heterocycles. The Labute approximate surface area is 128 Å². The molecule has 0 saturated heterocycles. The summed E-state index contributed by atoms with van der Waals surface area (Å²) in [5.41, 5.74) is 9.07. The molecule has 1 atom stereocenters. The van der Waals surface area contributed by atoms with Gasteiger partial charge in [0.2, 0.25) is 0 Å². The van der Waals surface area contributed by atoms with Crippen LogP contribution >= 0.6 is 11.6 Å². The lowest BCUT2D eigenvalue weighted by atomic mass is 10.0. The number of hydrogen-bond acceptors (Lipinski definition) is 4. The molecule has 1 unspecified atom stereocenters. The summed E-state index contributed by atoms with van der Waals surface area (Å²) in [6.45, 7) is 3.04. The summed E-state index contributed by atoms with van der Waals surface area (Å²) in [7, 11) is 1.88. The van der Waals surface area contributed by atoms with Crippen molar-refractivity contribution in [2.45, 2.75) is 19.4 Å². The maximum atomic E-state index is 6.31. The zero-order valence-corrected chi connectivity index (χ0v) is 12.9. The largest absolute Gasteiger partial charge is 0.486 e. The molecular weight excluding hydrogens is 290 g/mol. The fourth-order valence-corrected chi connectivity index (χ4v) is 2.76. The highest BCUT2D eigenvalue weighted by molar-refractivity contribution is 6.31. The number of halogens is 1. The van der Waals surface area contributed by atoms with Crippen LogP contribution in [-0.4, -0.2) is 23.0 Å². The number of aryl methyl sites for hydroxylation is 2. The Morgan fingerprint density at radius 2 is 2.05 bits per heavy atom. The van der Waals surface area contributed by atoms with Crippen LogP contribution in [0, 0.1) is 6.92 Å². The minimum absolute atomic E-state index is 0.173. The molecule has 0 spiro atoms. The van der Waals surface area contributed by atoms with Crippen molar-refractivity contribution in [2.75, 3.05) is 13.2 Å². The number of aromatic nitrogens is 2. The SMILES string of the molecule is Cc1nn(C)c(CC(N)c2ccc3c(c2)OCCO3)c1Cl. The van der Waals surface area contributed by atoms with Gasteiger partial charge in [-0.2, -0.15) is 5.10 Å². The number of ether oxygens (including phenoxy) is 2. The molecular formula is C15H18ClN3O2. The van der Waals surface area contributed by atoms with Crippen molar-refractivity contribution in [1.29, 1.82) is 0 Å². The quantitative estimate of drug-likeness (QED) is 0.946. The van der Waals surface area contributed by atoms with Crippen LogP contribution in [0.15, 0.2) is 18.2 Å². The van der Waals surface area contributed by atoms with Gasteiger partial charge in [0.1, 0.15) is 13.2 Å². The zero-order chi connectivity index (χ0) is 15.0. The standard InChI is InChI=1S/C15H18ClN3O2/c1-9-15(16)12(19(2)18-9)8-11(17)10-3-4-13-14(7-10)21-6-5-20-13/h3-4,7,11H,5-6,8,17H2,1-2H3. The molecule has 5 nitrogen and oxygen atoms in total. The van der Waals surface area contributed by atoms with E-state index in [9.17, 15) is 0 Å². The van der Waals surface area contributed by atoms with Gasteiger partial charge in [0, 0.05) is 19.5 Å². The lowest BCUT2D eigenvalue weighted by Gasteiger charge is -2.20. The summed E-state index contributed by atoms with van der Waals surface area (Å²) < 4.78 is 12.9. The molecule has 0 amide bonds. The smallest absolute Gasteiger partial charge is 0.161 e. The van der Waals surface area contributed by atoms with E-state index in [0.717, 1.165) is 28.5 Å². The van der Waals surface area contributed by atoms with Gasteiger partial charge in [-0.1, -0.05) is 17.7 Å². The normalized spacial score (nSPS) is 15.0. The molecule has 1 aliphatic rings. The monoisotopic (exact) mass is 307 g/mol. The lowest BCUT2D eigenvalue weighted by molar-refractivity contribution is 0.171. The minimum Gasteiger partial charge on any atom is -0.486 e. The Morgan fingerprint density at radius 1 is 1.33 bits per heavy atom. The summed E-state index contributed by atoms with van der Waals surface area (Å²) in [4.78, 5) is 0. The molecule has 1 aromatic heterocycles. The molecule has 6 heteroatoms. The third-order valence-corrected chi connectivity index (χ3v) is 4.16. The van der Waals surface area contributed by atoms with Crippen LogP contribution in [0.1, 0.15) is 23.0 Å². The van der Waals surface area contributed by atoms with Crippen LogP contribution in [0.4, 0.5) is 0 Å². The minimum atomic E-state index is -0.173. The van der Waals surface area contributed by atoms with Crippen LogP contribution in [-0.2, 0) is 13.5 Å². The van der Waals surface area contributed by atoms with Gasteiger partial charge in [-0.3, -0.25) is 4.68 Å². The molecule has 3 rings (SSSR count). The number of nitrogens with two attached hydrogens (primary N) is 1. The van der Waals surface area contributed by atoms with Crippen molar-refractivity contribution in [3.8, 4) is 11.5 Å². The molecule has 0 fully saturated rings. The predicted molar refractivity (Wildman–Crippen MR) is 81.0 cm³/mol. The third-order valence-electron chi connectivity index (χ3n) is 3.67. The number of benzene rings is 1. The molecule has 0 radical (unpaired) electrons. The van der Waals surface area contributed by atoms with E-state index in [4.69, 9.17) is 26.8 Å². The molecule has 21 heavy (non-hydrogen) atoms. The molecule has 0 bridgehead atoms. The van der Waals surface area contributed by atoms with Gasteiger partial charge in [-0.15, -0.1) is 0 Å². The topological polar surface area (TPSA) is 62.3 Å². The van der Waals surface area contributed by atoms with Crippen molar-refractivity contribution in [1.82, 2.24) is 9.78 Å². The highest BCUT2D eigenvalue weighted by Crippen LogP contribution is 2.33. The van der Waals surface area contributed by atoms with E-state index in [-0.39, 0.29) is 6.04 Å². The van der Waals surface area contributed by atoms with Gasteiger partial charge in [-0.05, 0) is 24.6 Å². The van der Waals surface area contributed by atoms with Crippen LogP contribution in [0.5, 0.6) is 11.5 Å². The van der Waals surface area contributed by atoms with E-state index < -0.39 is 0 Å². The average Bonchev–Trinajstić information content (AvgIpc) is 2.73. The van der Waals surface area contributed by atoms with Gasteiger partial charge in [0.05, 0.1) is 16.4 Å². The Kier molecular flexibility index (Phi) is 3.78. The lowest BCUT2D eigenvalue weighted by Crippen LogP contribution is -2.18.